The Balaban J connectivity index is 0.000000841. The van der Waals surface area contributed by atoms with E-state index in [1.54, 1.807) is 12.1 Å². The first-order chi connectivity index (χ1) is 10.7. The van der Waals surface area contributed by atoms with Crippen LogP contribution in [0.4, 0.5) is 28.6 Å². The van der Waals surface area contributed by atoms with Gasteiger partial charge in [-0.25, -0.2) is 0 Å². The van der Waals surface area contributed by atoms with E-state index in [0.29, 0.717) is 10.7 Å². The van der Waals surface area contributed by atoms with Gasteiger partial charge in [0.2, 0.25) is 5.39 Å². The Morgan fingerprint density at radius 3 is 1.91 bits per heavy atom. The first kappa shape index (κ1) is 21.5. The number of benzene rings is 1. The number of anilines is 1. The van der Waals surface area contributed by atoms with Crippen LogP contribution in [0.5, 0.6) is 0 Å². The van der Waals surface area contributed by atoms with Crippen LogP contribution in [0, 0.1) is 5.39 Å². The van der Waals surface area contributed by atoms with Crippen LogP contribution in [-0.2, 0) is 0 Å². The highest BCUT2D eigenvalue weighted by atomic mass is 35.5. The smallest absolute Gasteiger partial charge is 0.418 e. The molecule has 0 spiro atoms. The zero-order valence-electron chi connectivity index (χ0n) is 13.3. The number of hydrogen-bond donors (Lipinski definition) is 0. The Bertz CT molecular complexity index is 492. The first-order valence-corrected chi connectivity index (χ1v) is 7.87. The van der Waals surface area contributed by atoms with Crippen LogP contribution in [0.25, 0.3) is 4.98 Å². The highest BCUT2D eigenvalue weighted by molar-refractivity contribution is 6.50. The molecule has 0 saturated carbocycles. The molecule has 1 rings (SSSR count). The van der Waals surface area contributed by atoms with Gasteiger partial charge in [-0.3, -0.25) is 0 Å². The van der Waals surface area contributed by atoms with Gasteiger partial charge >= 0.3 is 12.9 Å². The van der Waals surface area contributed by atoms with Gasteiger partial charge < -0.3 is 22.2 Å². The molecule has 0 N–H and O–H groups in total. The lowest BCUT2D eigenvalue weighted by molar-refractivity contribution is 0.368. The SMILES string of the molecule is CCCCN(CCCC)c1ccc([N+]#N)cc1Cl.F[B-](F)(F)F. The van der Waals surface area contributed by atoms with Crippen molar-refractivity contribution in [3.8, 4) is 0 Å². The van der Waals surface area contributed by atoms with Crippen LogP contribution in [0.3, 0.4) is 0 Å². The van der Waals surface area contributed by atoms with Gasteiger partial charge in [-0.05, 0) is 18.9 Å². The quantitative estimate of drug-likeness (QED) is 0.317. The molecule has 0 amide bonds. The Labute approximate surface area is 139 Å². The van der Waals surface area contributed by atoms with Crippen molar-refractivity contribution < 1.29 is 17.3 Å². The van der Waals surface area contributed by atoms with E-state index < -0.39 is 7.25 Å². The molecule has 0 saturated heterocycles. The second kappa shape index (κ2) is 11.1. The molecule has 23 heavy (non-hydrogen) atoms. The highest BCUT2D eigenvalue weighted by Gasteiger charge is 2.20. The number of unbranched alkanes of at least 4 members (excludes halogenated alkanes) is 2. The lowest BCUT2D eigenvalue weighted by Gasteiger charge is -2.25. The fraction of sp³-hybridized carbons (Fsp3) is 0.571. The lowest BCUT2D eigenvalue weighted by Crippen LogP contribution is -2.25. The normalized spacial score (nSPS) is 10.5. The van der Waals surface area contributed by atoms with Gasteiger partial charge in [-0.2, -0.15) is 0 Å². The maximum absolute atomic E-state index is 9.75. The lowest BCUT2D eigenvalue weighted by atomic mass is 10.2. The molecule has 1 aromatic rings. The minimum atomic E-state index is -6.00. The van der Waals surface area contributed by atoms with Crippen LogP contribution in [0.2, 0.25) is 5.02 Å². The van der Waals surface area contributed by atoms with Crippen molar-refractivity contribution in [2.45, 2.75) is 39.5 Å². The standard InChI is InChI=1S/C14H21ClN3.BF4/c1-3-5-9-18(10-6-4-2)14-8-7-12(17-16)11-13(14)15;2-1(3,4)5/h7-8,11H,3-6,9-10H2,1-2H3;/q+1;-1. The highest BCUT2D eigenvalue weighted by Crippen LogP contribution is 2.30. The molecule has 0 unspecified atom stereocenters. The third-order valence-electron chi connectivity index (χ3n) is 2.95. The molecular formula is C14H21BClF4N3. The van der Waals surface area contributed by atoms with Gasteiger partial charge in [0.15, 0.2) is 4.98 Å². The predicted molar refractivity (Wildman–Crippen MR) is 88.4 cm³/mol. The maximum atomic E-state index is 9.75. The summed E-state index contributed by atoms with van der Waals surface area (Å²) in [6.45, 7) is 6.42. The van der Waals surface area contributed by atoms with Crippen LogP contribution >= 0.6 is 11.6 Å². The zero-order valence-corrected chi connectivity index (χ0v) is 14.0. The van der Waals surface area contributed by atoms with Crippen LogP contribution in [0.1, 0.15) is 39.5 Å². The molecule has 0 atom stereocenters. The van der Waals surface area contributed by atoms with Crippen LogP contribution < -0.4 is 4.90 Å². The minimum absolute atomic E-state index is 0.495. The largest absolute Gasteiger partial charge is 0.673 e. The average molecular weight is 354 g/mol. The molecule has 0 aliphatic carbocycles. The second-order valence-electron chi connectivity index (χ2n) is 4.92. The number of nitrogens with zero attached hydrogens (tertiary/aromatic N) is 3. The van der Waals surface area contributed by atoms with Crippen molar-refractivity contribution in [2.75, 3.05) is 18.0 Å². The number of rotatable bonds is 7. The van der Waals surface area contributed by atoms with E-state index in [2.05, 4.69) is 23.7 Å². The molecule has 0 aliphatic heterocycles. The van der Waals surface area contributed by atoms with Crippen molar-refractivity contribution in [1.82, 2.24) is 0 Å². The van der Waals surface area contributed by atoms with Crippen molar-refractivity contribution >= 4 is 30.2 Å². The zero-order chi connectivity index (χ0) is 17.9. The third kappa shape index (κ3) is 10.8. The van der Waals surface area contributed by atoms with E-state index in [1.807, 2.05) is 6.07 Å². The molecule has 130 valence electrons. The Morgan fingerprint density at radius 2 is 1.57 bits per heavy atom. The van der Waals surface area contributed by atoms with E-state index in [-0.39, 0.29) is 0 Å². The molecule has 0 radical (unpaired) electrons. The molecule has 0 bridgehead atoms. The Morgan fingerprint density at radius 1 is 1.09 bits per heavy atom. The molecule has 0 aliphatic rings. The van der Waals surface area contributed by atoms with Crippen molar-refractivity contribution in [3.05, 3.63) is 28.2 Å². The second-order valence-corrected chi connectivity index (χ2v) is 5.33. The van der Waals surface area contributed by atoms with Gasteiger partial charge in [0, 0.05) is 19.2 Å². The van der Waals surface area contributed by atoms with Crippen molar-refractivity contribution in [1.29, 1.82) is 5.39 Å². The predicted octanol–water partition coefficient (Wildman–Crippen LogP) is 6.53. The summed E-state index contributed by atoms with van der Waals surface area (Å²) in [5.41, 5.74) is 1.53. The van der Waals surface area contributed by atoms with E-state index in [4.69, 9.17) is 17.0 Å². The fourth-order valence-corrected chi connectivity index (χ4v) is 2.16. The summed E-state index contributed by atoms with van der Waals surface area (Å²) in [4.78, 5) is 5.47. The molecule has 9 heteroatoms. The monoisotopic (exact) mass is 353 g/mol. The summed E-state index contributed by atoms with van der Waals surface area (Å²) in [7, 11) is -6.00. The van der Waals surface area contributed by atoms with E-state index in [1.165, 1.54) is 12.8 Å². The molecular weight excluding hydrogens is 332 g/mol. The number of hydrogen-bond acceptors (Lipinski definition) is 2. The molecule has 1 aromatic carbocycles. The summed E-state index contributed by atoms with van der Waals surface area (Å²) in [6.07, 6.45) is 4.66. The third-order valence-corrected chi connectivity index (χ3v) is 3.25. The number of diazo groups is 1. The number of halogens is 5. The molecule has 3 nitrogen and oxygen atoms in total. The summed E-state index contributed by atoms with van der Waals surface area (Å²) in [5.74, 6) is 0. The molecule has 0 aromatic heterocycles. The van der Waals surface area contributed by atoms with Gasteiger partial charge in [-0.1, -0.05) is 38.3 Å². The van der Waals surface area contributed by atoms with E-state index in [0.717, 1.165) is 31.6 Å². The Kier molecular flexibility index (Phi) is 10.4. The minimum Gasteiger partial charge on any atom is -0.418 e. The molecule has 0 fully saturated rings. The topological polar surface area (TPSA) is 31.4 Å². The van der Waals surface area contributed by atoms with Crippen LogP contribution in [-0.4, -0.2) is 20.3 Å². The summed E-state index contributed by atoms with van der Waals surface area (Å²) >= 11 is 6.25. The van der Waals surface area contributed by atoms with Crippen molar-refractivity contribution in [3.63, 3.8) is 0 Å². The van der Waals surface area contributed by atoms with Crippen molar-refractivity contribution in [2.24, 2.45) is 0 Å². The Hall–Kier alpha value is -1.49. The van der Waals surface area contributed by atoms with Crippen LogP contribution in [0.15, 0.2) is 18.2 Å². The summed E-state index contributed by atoms with van der Waals surface area (Å²) in [5, 5.41) is 9.38. The average Bonchev–Trinajstić information content (AvgIpc) is 2.46. The summed E-state index contributed by atoms with van der Waals surface area (Å²) in [6, 6.07) is 5.41. The van der Waals surface area contributed by atoms with Gasteiger partial charge in [0.1, 0.15) is 0 Å². The molecule has 0 heterocycles. The first-order valence-electron chi connectivity index (χ1n) is 7.49. The summed E-state index contributed by atoms with van der Waals surface area (Å²) < 4.78 is 39.0. The van der Waals surface area contributed by atoms with Gasteiger partial charge in [0.25, 0.3) is 0 Å². The van der Waals surface area contributed by atoms with E-state index in [9.17, 15) is 17.3 Å². The van der Waals surface area contributed by atoms with Gasteiger partial charge in [-0.15, -0.1) is 0 Å². The fourth-order valence-electron chi connectivity index (χ4n) is 1.87. The van der Waals surface area contributed by atoms with E-state index >= 15 is 0 Å². The maximum Gasteiger partial charge on any atom is 0.673 e. The van der Waals surface area contributed by atoms with Gasteiger partial charge in [0.05, 0.1) is 16.8 Å².